The summed E-state index contributed by atoms with van der Waals surface area (Å²) in [5, 5.41) is 9.03. The van der Waals surface area contributed by atoms with Crippen LogP contribution in [0.3, 0.4) is 0 Å². The lowest BCUT2D eigenvalue weighted by atomic mass is 10.1. The lowest BCUT2D eigenvalue weighted by Gasteiger charge is -2.07. The van der Waals surface area contributed by atoms with Gasteiger partial charge < -0.3 is 14.3 Å². The molecule has 1 heterocycles. The lowest BCUT2D eigenvalue weighted by Crippen LogP contribution is -2.01. The fourth-order valence-corrected chi connectivity index (χ4v) is 2.72. The van der Waals surface area contributed by atoms with Crippen molar-refractivity contribution in [2.45, 2.75) is 13.5 Å². The predicted octanol–water partition coefficient (Wildman–Crippen LogP) is 4.51. The van der Waals surface area contributed by atoms with E-state index in [9.17, 15) is 4.79 Å². The number of esters is 1. The zero-order valence-electron chi connectivity index (χ0n) is 16.3. The number of ether oxygens (including phenoxy) is 2. The van der Waals surface area contributed by atoms with E-state index in [-0.39, 0.29) is 12.6 Å². The molecule has 0 aliphatic carbocycles. The summed E-state index contributed by atoms with van der Waals surface area (Å²) in [7, 11) is 3.14. The van der Waals surface area contributed by atoms with Crippen LogP contribution in [0.1, 0.15) is 27.2 Å². The summed E-state index contributed by atoms with van der Waals surface area (Å²) in [6.45, 7) is 2.12. The minimum absolute atomic E-state index is 0.255. The van der Waals surface area contributed by atoms with Crippen LogP contribution >= 0.6 is 11.6 Å². The summed E-state index contributed by atoms with van der Waals surface area (Å²) < 4.78 is 12.2. The quantitative estimate of drug-likeness (QED) is 0.323. The van der Waals surface area contributed by atoms with Gasteiger partial charge in [-0.3, -0.25) is 0 Å². The molecule has 0 saturated carbocycles. The molecule has 1 aromatic heterocycles. The minimum Gasteiger partial charge on any atom is -0.465 e. The smallest absolute Gasteiger partial charge is 0.337 e. The number of rotatable bonds is 7. The molecule has 0 amide bonds. The molecule has 0 spiro atoms. The second-order valence-corrected chi connectivity index (χ2v) is 6.62. The van der Waals surface area contributed by atoms with Crippen molar-refractivity contribution in [1.29, 1.82) is 0 Å². The summed E-state index contributed by atoms with van der Waals surface area (Å²) in [4.78, 5) is 16.8. The number of hydrogen-bond acceptors (Lipinski definition) is 6. The van der Waals surface area contributed by atoms with Gasteiger partial charge in [0.15, 0.2) is 0 Å². The Labute approximate surface area is 173 Å². The largest absolute Gasteiger partial charge is 0.465 e. The Balaban J connectivity index is 1.66. The molecule has 150 valence electrons. The van der Waals surface area contributed by atoms with E-state index < -0.39 is 0 Å². The number of benzene rings is 2. The zero-order chi connectivity index (χ0) is 20.8. The van der Waals surface area contributed by atoms with Crippen LogP contribution in [0, 0.1) is 6.92 Å². The molecule has 29 heavy (non-hydrogen) atoms. The first kappa shape index (κ1) is 20.4. The fourth-order valence-electron chi connectivity index (χ4n) is 2.59. The third kappa shape index (κ3) is 5.14. The molecule has 0 aliphatic rings. The van der Waals surface area contributed by atoms with E-state index >= 15 is 0 Å². The topological polar surface area (TPSA) is 74.9 Å². The second-order valence-electron chi connectivity index (χ2n) is 6.18. The number of aromatic nitrogens is 2. The van der Waals surface area contributed by atoms with Gasteiger partial charge in [-0.2, -0.15) is 5.10 Å². The van der Waals surface area contributed by atoms with Crippen molar-refractivity contribution in [3.63, 3.8) is 0 Å². The van der Waals surface area contributed by atoms with E-state index in [1.807, 2.05) is 6.92 Å². The number of hydrogen-bond donors (Lipinski definition) is 0. The van der Waals surface area contributed by atoms with Crippen LogP contribution in [0.5, 0.6) is 11.6 Å². The Bertz CT molecular complexity index is 1010. The highest BCUT2D eigenvalue weighted by Gasteiger charge is 2.14. The highest BCUT2D eigenvalue weighted by molar-refractivity contribution is 6.30. The van der Waals surface area contributed by atoms with Gasteiger partial charge in [-0.15, -0.1) is 0 Å². The first-order chi connectivity index (χ1) is 14.0. The first-order valence-electron chi connectivity index (χ1n) is 8.77. The zero-order valence-corrected chi connectivity index (χ0v) is 17.0. The van der Waals surface area contributed by atoms with E-state index in [1.54, 1.807) is 66.5 Å². The number of aryl methyl sites for hydroxylation is 2. The molecule has 0 bridgehead atoms. The number of carbonyl (C=O) groups is 1. The van der Waals surface area contributed by atoms with E-state index in [4.69, 9.17) is 21.2 Å². The third-order valence-electron chi connectivity index (χ3n) is 4.10. The Morgan fingerprint density at radius 1 is 1.17 bits per heavy atom. The monoisotopic (exact) mass is 413 g/mol. The summed E-state index contributed by atoms with van der Waals surface area (Å²) in [5.74, 6) is 0.800. The molecule has 3 aromatic rings. The number of carbonyl (C=O) groups excluding carboxylic acids is 1. The highest BCUT2D eigenvalue weighted by Crippen LogP contribution is 2.27. The molecule has 0 N–H and O–H groups in total. The van der Waals surface area contributed by atoms with Crippen LogP contribution in [0.2, 0.25) is 5.02 Å². The van der Waals surface area contributed by atoms with Crippen LogP contribution in [0.15, 0.2) is 53.7 Å². The molecule has 8 heteroatoms. The molecule has 0 unspecified atom stereocenters. The van der Waals surface area contributed by atoms with Gasteiger partial charge in [0.05, 0.1) is 30.1 Å². The molecule has 0 radical (unpaired) electrons. The summed E-state index contributed by atoms with van der Waals surface area (Å²) >= 11 is 5.91. The first-order valence-corrected chi connectivity index (χ1v) is 9.15. The maximum absolute atomic E-state index is 11.5. The van der Waals surface area contributed by atoms with Crippen molar-refractivity contribution in [2.75, 3.05) is 7.11 Å². The Kier molecular flexibility index (Phi) is 6.51. The molecular formula is C21H20ClN3O4. The van der Waals surface area contributed by atoms with Gasteiger partial charge in [0.2, 0.25) is 5.88 Å². The van der Waals surface area contributed by atoms with Crippen molar-refractivity contribution >= 4 is 23.8 Å². The molecule has 2 aromatic carbocycles. The van der Waals surface area contributed by atoms with Crippen LogP contribution in [0.25, 0.3) is 0 Å². The van der Waals surface area contributed by atoms with Crippen LogP contribution in [-0.4, -0.2) is 29.1 Å². The van der Waals surface area contributed by atoms with E-state index in [1.165, 1.54) is 7.11 Å². The Morgan fingerprint density at radius 2 is 1.86 bits per heavy atom. The Hall–Kier alpha value is -3.32. The predicted molar refractivity (Wildman–Crippen MR) is 110 cm³/mol. The second kappa shape index (κ2) is 9.25. The Morgan fingerprint density at radius 3 is 2.52 bits per heavy atom. The van der Waals surface area contributed by atoms with Gasteiger partial charge in [0.25, 0.3) is 0 Å². The summed E-state index contributed by atoms with van der Waals surface area (Å²) in [6.07, 6.45) is 1.57. The van der Waals surface area contributed by atoms with Crippen molar-refractivity contribution in [3.8, 4) is 11.6 Å². The molecule has 0 fully saturated rings. The average molecular weight is 414 g/mol. The SMILES string of the molecule is COC(=O)c1ccc(CO/N=C/c2c(C)nn(C)c2Oc2ccc(Cl)cc2)cc1. The van der Waals surface area contributed by atoms with E-state index in [2.05, 4.69) is 15.0 Å². The molecule has 3 rings (SSSR count). The molecule has 0 saturated heterocycles. The van der Waals surface area contributed by atoms with Crippen LogP contribution in [0.4, 0.5) is 0 Å². The van der Waals surface area contributed by atoms with E-state index in [0.717, 1.165) is 11.3 Å². The molecule has 0 atom stereocenters. The third-order valence-corrected chi connectivity index (χ3v) is 4.36. The summed E-state index contributed by atoms with van der Waals surface area (Å²) in [5.41, 5.74) is 2.82. The molecule has 7 nitrogen and oxygen atoms in total. The highest BCUT2D eigenvalue weighted by atomic mass is 35.5. The lowest BCUT2D eigenvalue weighted by molar-refractivity contribution is 0.0600. The maximum atomic E-state index is 11.5. The maximum Gasteiger partial charge on any atom is 0.337 e. The van der Waals surface area contributed by atoms with Crippen molar-refractivity contribution in [3.05, 3.63) is 75.9 Å². The standard InChI is InChI=1S/C21H20ClN3O4/c1-14-19(20(25(2)24-14)29-18-10-8-17(22)9-11-18)12-23-28-13-15-4-6-16(7-5-15)21(26)27-3/h4-12H,13H2,1-3H3/b23-12+. The number of nitrogens with zero attached hydrogens (tertiary/aromatic N) is 3. The fraction of sp³-hybridized carbons (Fsp3) is 0.190. The van der Waals surface area contributed by atoms with Gasteiger partial charge in [-0.25, -0.2) is 9.48 Å². The number of halogens is 1. The number of oxime groups is 1. The van der Waals surface area contributed by atoms with Crippen molar-refractivity contribution < 1.29 is 19.1 Å². The van der Waals surface area contributed by atoms with E-state index in [0.29, 0.717) is 27.8 Å². The molecule has 0 aliphatic heterocycles. The van der Waals surface area contributed by atoms with Gasteiger partial charge >= 0.3 is 5.97 Å². The molecular weight excluding hydrogens is 394 g/mol. The van der Waals surface area contributed by atoms with Crippen molar-refractivity contribution in [2.24, 2.45) is 12.2 Å². The van der Waals surface area contributed by atoms with Crippen LogP contribution < -0.4 is 4.74 Å². The van der Waals surface area contributed by atoms with Crippen molar-refractivity contribution in [1.82, 2.24) is 9.78 Å². The van der Waals surface area contributed by atoms with Gasteiger partial charge in [0, 0.05) is 12.1 Å². The minimum atomic E-state index is -0.379. The van der Waals surface area contributed by atoms with Gasteiger partial charge in [0.1, 0.15) is 12.4 Å². The van der Waals surface area contributed by atoms with Crippen LogP contribution in [-0.2, 0) is 23.2 Å². The van der Waals surface area contributed by atoms with Gasteiger partial charge in [-0.1, -0.05) is 28.9 Å². The summed E-state index contributed by atoms with van der Waals surface area (Å²) in [6, 6.07) is 14.0. The normalized spacial score (nSPS) is 10.9. The van der Waals surface area contributed by atoms with Gasteiger partial charge in [-0.05, 0) is 48.9 Å². The number of methoxy groups -OCH3 is 1. The average Bonchev–Trinajstić information content (AvgIpc) is 2.99.